The van der Waals surface area contributed by atoms with Crippen molar-refractivity contribution in [1.29, 1.82) is 0 Å². The summed E-state index contributed by atoms with van der Waals surface area (Å²) in [5.74, 6) is 0.512. The SMILES string of the molecule is CCCOc1nc(Sc2cc3ccccc3[nH]2)ccc1N. The van der Waals surface area contributed by atoms with Gasteiger partial charge in [-0.15, -0.1) is 0 Å². The quantitative estimate of drug-likeness (QED) is 0.745. The second-order valence-electron chi connectivity index (χ2n) is 4.72. The highest BCUT2D eigenvalue weighted by atomic mass is 32.2. The predicted octanol–water partition coefficient (Wildman–Crippen LogP) is 4.09. The average Bonchev–Trinajstić information content (AvgIpc) is 2.90. The molecule has 108 valence electrons. The third-order valence-electron chi connectivity index (χ3n) is 3.03. The van der Waals surface area contributed by atoms with Crippen molar-refractivity contribution in [3.05, 3.63) is 42.5 Å². The first-order valence-corrected chi connectivity index (χ1v) is 7.73. The van der Waals surface area contributed by atoms with E-state index in [-0.39, 0.29) is 0 Å². The number of rotatable bonds is 5. The van der Waals surface area contributed by atoms with E-state index in [0.29, 0.717) is 18.2 Å². The largest absolute Gasteiger partial charge is 0.476 e. The van der Waals surface area contributed by atoms with Crippen LogP contribution in [0.5, 0.6) is 5.88 Å². The van der Waals surface area contributed by atoms with Gasteiger partial charge in [-0.1, -0.05) is 36.9 Å². The van der Waals surface area contributed by atoms with Gasteiger partial charge in [-0.2, -0.15) is 0 Å². The molecule has 0 bridgehead atoms. The third kappa shape index (κ3) is 3.13. The molecular weight excluding hydrogens is 282 g/mol. The van der Waals surface area contributed by atoms with Crippen molar-refractivity contribution in [3.8, 4) is 5.88 Å². The number of H-pyrrole nitrogens is 1. The van der Waals surface area contributed by atoms with Crippen LogP contribution in [0.25, 0.3) is 10.9 Å². The molecule has 0 radical (unpaired) electrons. The Balaban J connectivity index is 1.83. The van der Waals surface area contributed by atoms with Crippen LogP contribution < -0.4 is 10.5 Å². The molecule has 0 saturated carbocycles. The molecule has 0 fully saturated rings. The van der Waals surface area contributed by atoms with E-state index in [4.69, 9.17) is 10.5 Å². The lowest BCUT2D eigenvalue weighted by Crippen LogP contribution is -2.01. The van der Waals surface area contributed by atoms with Gasteiger partial charge in [0.1, 0.15) is 5.03 Å². The summed E-state index contributed by atoms with van der Waals surface area (Å²) in [5, 5.41) is 3.11. The topological polar surface area (TPSA) is 63.9 Å². The standard InChI is InChI=1S/C16H17N3OS/c1-2-9-20-16-12(17)7-8-14(19-16)21-15-10-11-5-3-4-6-13(11)18-15/h3-8,10,18H,2,9,17H2,1H3. The Morgan fingerprint density at radius 2 is 2.10 bits per heavy atom. The van der Waals surface area contributed by atoms with Crippen LogP contribution in [-0.4, -0.2) is 16.6 Å². The van der Waals surface area contributed by atoms with Crippen LogP contribution in [0.3, 0.4) is 0 Å². The van der Waals surface area contributed by atoms with Crippen LogP contribution in [0.15, 0.2) is 52.5 Å². The first-order valence-electron chi connectivity index (χ1n) is 6.91. The summed E-state index contributed by atoms with van der Waals surface area (Å²) in [5.41, 5.74) is 7.58. The van der Waals surface area contributed by atoms with Gasteiger partial charge in [0.15, 0.2) is 0 Å². The minimum Gasteiger partial charge on any atom is -0.476 e. The van der Waals surface area contributed by atoms with Crippen molar-refractivity contribution >= 4 is 28.4 Å². The van der Waals surface area contributed by atoms with Crippen molar-refractivity contribution in [2.75, 3.05) is 12.3 Å². The molecule has 2 aromatic heterocycles. The lowest BCUT2D eigenvalue weighted by Gasteiger charge is -2.08. The van der Waals surface area contributed by atoms with Gasteiger partial charge in [0.2, 0.25) is 5.88 Å². The molecule has 2 heterocycles. The van der Waals surface area contributed by atoms with Crippen LogP contribution in [0.4, 0.5) is 5.69 Å². The van der Waals surface area contributed by atoms with Gasteiger partial charge in [-0.05, 0) is 30.7 Å². The van der Waals surface area contributed by atoms with Crippen LogP contribution in [0.2, 0.25) is 0 Å². The number of ether oxygens (including phenoxy) is 1. The molecule has 21 heavy (non-hydrogen) atoms. The molecular formula is C16H17N3OS. The zero-order valence-electron chi connectivity index (χ0n) is 11.8. The molecule has 5 heteroatoms. The van der Waals surface area contributed by atoms with Gasteiger partial charge in [0, 0.05) is 10.9 Å². The normalized spacial score (nSPS) is 10.9. The molecule has 0 spiro atoms. The maximum Gasteiger partial charge on any atom is 0.238 e. The van der Waals surface area contributed by atoms with Crippen LogP contribution >= 0.6 is 11.8 Å². The van der Waals surface area contributed by atoms with Gasteiger partial charge in [0.25, 0.3) is 0 Å². The molecule has 1 aromatic carbocycles. The molecule has 0 aliphatic carbocycles. The Hall–Kier alpha value is -2.14. The number of nitrogens with zero attached hydrogens (tertiary/aromatic N) is 1. The monoisotopic (exact) mass is 299 g/mol. The number of hydrogen-bond acceptors (Lipinski definition) is 4. The van der Waals surface area contributed by atoms with E-state index in [1.165, 1.54) is 5.39 Å². The van der Waals surface area contributed by atoms with E-state index in [1.54, 1.807) is 11.8 Å². The van der Waals surface area contributed by atoms with E-state index in [9.17, 15) is 0 Å². The molecule has 0 amide bonds. The molecule has 0 saturated heterocycles. The first kappa shape index (κ1) is 13.8. The number of pyridine rings is 1. The number of hydrogen-bond donors (Lipinski definition) is 2. The van der Waals surface area contributed by atoms with E-state index < -0.39 is 0 Å². The number of nitrogens with two attached hydrogens (primary N) is 1. The highest BCUT2D eigenvalue weighted by Crippen LogP contribution is 2.31. The maximum absolute atomic E-state index is 5.88. The van der Waals surface area contributed by atoms with Crippen molar-refractivity contribution in [1.82, 2.24) is 9.97 Å². The van der Waals surface area contributed by atoms with E-state index in [0.717, 1.165) is 22.0 Å². The minimum atomic E-state index is 0.512. The van der Waals surface area contributed by atoms with Crippen molar-refractivity contribution in [2.45, 2.75) is 23.4 Å². The Morgan fingerprint density at radius 1 is 1.24 bits per heavy atom. The van der Waals surface area contributed by atoms with Crippen molar-refractivity contribution in [2.24, 2.45) is 0 Å². The maximum atomic E-state index is 5.88. The van der Waals surface area contributed by atoms with Gasteiger partial charge < -0.3 is 15.5 Å². The molecule has 3 N–H and O–H groups in total. The van der Waals surface area contributed by atoms with Crippen molar-refractivity contribution < 1.29 is 4.74 Å². The summed E-state index contributed by atoms with van der Waals surface area (Å²) in [6.45, 7) is 2.68. The summed E-state index contributed by atoms with van der Waals surface area (Å²) in [4.78, 5) is 7.84. The Morgan fingerprint density at radius 3 is 2.90 bits per heavy atom. The zero-order chi connectivity index (χ0) is 14.7. The van der Waals surface area contributed by atoms with Crippen LogP contribution in [0, 0.1) is 0 Å². The highest BCUT2D eigenvalue weighted by molar-refractivity contribution is 7.99. The number of anilines is 1. The summed E-state index contributed by atoms with van der Waals surface area (Å²) in [7, 11) is 0. The number of aromatic amines is 1. The second-order valence-corrected chi connectivity index (χ2v) is 5.78. The number of para-hydroxylation sites is 1. The third-order valence-corrected chi connectivity index (χ3v) is 3.90. The second kappa shape index (κ2) is 6.10. The van der Waals surface area contributed by atoms with E-state index >= 15 is 0 Å². The fourth-order valence-corrected chi connectivity index (χ4v) is 2.86. The van der Waals surface area contributed by atoms with Crippen LogP contribution in [0.1, 0.15) is 13.3 Å². The first-order chi connectivity index (χ1) is 10.3. The zero-order valence-corrected chi connectivity index (χ0v) is 12.6. The summed E-state index contributed by atoms with van der Waals surface area (Å²) in [6, 6.07) is 14.1. The molecule has 3 rings (SSSR count). The van der Waals surface area contributed by atoms with Crippen molar-refractivity contribution in [3.63, 3.8) is 0 Å². The minimum absolute atomic E-state index is 0.512. The number of nitrogen functional groups attached to an aromatic ring is 1. The van der Waals surface area contributed by atoms with E-state index in [2.05, 4.69) is 35.1 Å². The molecule has 0 unspecified atom stereocenters. The summed E-state index contributed by atoms with van der Waals surface area (Å²) in [6.07, 6.45) is 0.931. The average molecular weight is 299 g/mol. The highest BCUT2D eigenvalue weighted by Gasteiger charge is 2.07. The Labute approximate surface area is 127 Å². The number of aromatic nitrogens is 2. The number of benzene rings is 1. The van der Waals surface area contributed by atoms with Crippen LogP contribution in [-0.2, 0) is 0 Å². The lowest BCUT2D eigenvalue weighted by atomic mass is 10.3. The summed E-state index contributed by atoms with van der Waals surface area (Å²) >= 11 is 1.57. The Bertz CT molecular complexity index is 721. The lowest BCUT2D eigenvalue weighted by molar-refractivity contribution is 0.305. The summed E-state index contributed by atoms with van der Waals surface area (Å²) < 4.78 is 5.56. The van der Waals surface area contributed by atoms with E-state index in [1.807, 2.05) is 24.3 Å². The van der Waals surface area contributed by atoms with Gasteiger partial charge >= 0.3 is 0 Å². The molecule has 0 atom stereocenters. The number of nitrogens with one attached hydrogen (secondary N) is 1. The fourth-order valence-electron chi connectivity index (χ4n) is 2.02. The van der Waals surface area contributed by atoms with Gasteiger partial charge in [-0.3, -0.25) is 0 Å². The Kier molecular flexibility index (Phi) is 4.01. The van der Waals surface area contributed by atoms with Gasteiger partial charge in [-0.25, -0.2) is 4.98 Å². The molecule has 3 aromatic rings. The predicted molar refractivity (Wildman–Crippen MR) is 86.9 cm³/mol. The smallest absolute Gasteiger partial charge is 0.238 e. The molecule has 0 aliphatic rings. The molecule has 0 aliphatic heterocycles. The molecule has 4 nitrogen and oxygen atoms in total. The number of fused-ring (bicyclic) bond motifs is 1. The fraction of sp³-hybridized carbons (Fsp3) is 0.188. The van der Waals surface area contributed by atoms with Gasteiger partial charge in [0.05, 0.1) is 17.3 Å².